The Morgan fingerprint density at radius 1 is 1.50 bits per heavy atom. The van der Waals surface area contributed by atoms with Crippen molar-refractivity contribution in [3.8, 4) is 0 Å². The van der Waals surface area contributed by atoms with E-state index in [9.17, 15) is 5.11 Å². The van der Waals surface area contributed by atoms with Crippen LogP contribution in [0.15, 0.2) is 6.20 Å². The second-order valence-corrected chi connectivity index (χ2v) is 5.40. The Morgan fingerprint density at radius 2 is 2.17 bits per heavy atom. The molecule has 0 aliphatic carbocycles. The van der Waals surface area contributed by atoms with Crippen LogP contribution in [0.5, 0.6) is 0 Å². The summed E-state index contributed by atoms with van der Waals surface area (Å²) >= 11 is 6.01. The standard InChI is InChI=1S/C12H19ClN4O/c1-9-14-7-10(13)11(16-9)15-8-12(18)3-5-17(2)6-4-12/h7,18H,3-6,8H2,1-2H3,(H,14,15,16). The Balaban J connectivity index is 1.96. The van der Waals surface area contributed by atoms with Crippen molar-refractivity contribution >= 4 is 17.4 Å². The van der Waals surface area contributed by atoms with E-state index in [4.69, 9.17) is 11.6 Å². The highest BCUT2D eigenvalue weighted by atomic mass is 35.5. The summed E-state index contributed by atoms with van der Waals surface area (Å²) in [6, 6.07) is 0. The van der Waals surface area contributed by atoms with E-state index in [1.165, 1.54) is 0 Å². The van der Waals surface area contributed by atoms with E-state index in [1.807, 2.05) is 6.92 Å². The lowest BCUT2D eigenvalue weighted by Gasteiger charge is -2.36. The quantitative estimate of drug-likeness (QED) is 0.867. The summed E-state index contributed by atoms with van der Waals surface area (Å²) in [5.74, 6) is 1.26. The number of hydrogen-bond acceptors (Lipinski definition) is 5. The third-order valence-electron chi connectivity index (χ3n) is 3.37. The zero-order valence-corrected chi connectivity index (χ0v) is 11.5. The summed E-state index contributed by atoms with van der Waals surface area (Å²) < 4.78 is 0. The van der Waals surface area contributed by atoms with Crippen LogP contribution in [0.4, 0.5) is 5.82 Å². The largest absolute Gasteiger partial charge is 0.388 e. The zero-order valence-electron chi connectivity index (χ0n) is 10.8. The second kappa shape index (κ2) is 5.38. The smallest absolute Gasteiger partial charge is 0.148 e. The van der Waals surface area contributed by atoms with Gasteiger partial charge in [-0.1, -0.05) is 11.6 Å². The summed E-state index contributed by atoms with van der Waals surface area (Å²) in [6.07, 6.45) is 3.10. The fourth-order valence-electron chi connectivity index (χ4n) is 2.04. The molecule has 1 fully saturated rings. The summed E-state index contributed by atoms with van der Waals surface area (Å²) in [7, 11) is 2.07. The molecule has 1 aromatic heterocycles. The Morgan fingerprint density at radius 3 is 2.83 bits per heavy atom. The van der Waals surface area contributed by atoms with Gasteiger partial charge in [-0.25, -0.2) is 9.97 Å². The first-order valence-corrected chi connectivity index (χ1v) is 6.50. The highest BCUT2D eigenvalue weighted by Gasteiger charge is 2.31. The second-order valence-electron chi connectivity index (χ2n) is 4.99. The van der Waals surface area contributed by atoms with E-state index in [0.717, 1.165) is 25.9 Å². The maximum atomic E-state index is 10.4. The lowest BCUT2D eigenvalue weighted by atomic mass is 9.91. The van der Waals surface area contributed by atoms with Crippen LogP contribution in [0.2, 0.25) is 5.02 Å². The lowest BCUT2D eigenvalue weighted by Crippen LogP contribution is -2.47. The van der Waals surface area contributed by atoms with Gasteiger partial charge in [0.15, 0.2) is 0 Å². The van der Waals surface area contributed by atoms with E-state index in [-0.39, 0.29) is 0 Å². The molecule has 100 valence electrons. The topological polar surface area (TPSA) is 61.3 Å². The van der Waals surface area contributed by atoms with Gasteiger partial charge < -0.3 is 15.3 Å². The van der Waals surface area contributed by atoms with Crippen LogP contribution in [-0.4, -0.2) is 52.3 Å². The summed E-state index contributed by atoms with van der Waals surface area (Å²) in [5.41, 5.74) is -0.672. The van der Waals surface area contributed by atoms with Gasteiger partial charge in [-0.05, 0) is 26.8 Å². The Hall–Kier alpha value is -0.910. The van der Waals surface area contributed by atoms with Gasteiger partial charge in [-0.15, -0.1) is 0 Å². The zero-order chi connectivity index (χ0) is 13.2. The highest BCUT2D eigenvalue weighted by molar-refractivity contribution is 6.32. The van der Waals surface area contributed by atoms with Crippen LogP contribution in [-0.2, 0) is 0 Å². The molecule has 1 aliphatic heterocycles. The van der Waals surface area contributed by atoms with Gasteiger partial charge in [0.1, 0.15) is 16.7 Å². The van der Waals surface area contributed by atoms with Crippen molar-refractivity contribution in [3.05, 3.63) is 17.0 Å². The lowest BCUT2D eigenvalue weighted by molar-refractivity contribution is -0.00409. The molecule has 0 atom stereocenters. The summed E-state index contributed by atoms with van der Waals surface area (Å²) in [4.78, 5) is 10.5. The number of aliphatic hydroxyl groups is 1. The van der Waals surface area contributed by atoms with Crippen molar-refractivity contribution in [2.75, 3.05) is 32.0 Å². The third-order valence-corrected chi connectivity index (χ3v) is 3.64. The van der Waals surface area contributed by atoms with Crippen LogP contribution in [0, 0.1) is 6.92 Å². The first kappa shape index (κ1) is 13.5. The molecule has 18 heavy (non-hydrogen) atoms. The number of hydrogen-bond donors (Lipinski definition) is 2. The fourth-order valence-corrected chi connectivity index (χ4v) is 2.20. The Labute approximate surface area is 112 Å². The van der Waals surface area contributed by atoms with Crippen LogP contribution in [0.25, 0.3) is 0 Å². The van der Waals surface area contributed by atoms with Gasteiger partial charge in [0.2, 0.25) is 0 Å². The monoisotopic (exact) mass is 270 g/mol. The van der Waals surface area contributed by atoms with E-state index in [2.05, 4.69) is 27.2 Å². The van der Waals surface area contributed by atoms with E-state index < -0.39 is 5.60 Å². The van der Waals surface area contributed by atoms with E-state index in [0.29, 0.717) is 23.2 Å². The number of nitrogens with one attached hydrogen (secondary N) is 1. The number of rotatable bonds is 3. The summed E-state index contributed by atoms with van der Waals surface area (Å²) in [5, 5.41) is 14.0. The van der Waals surface area contributed by atoms with E-state index >= 15 is 0 Å². The SMILES string of the molecule is Cc1ncc(Cl)c(NCC2(O)CCN(C)CC2)n1. The predicted octanol–water partition coefficient (Wildman–Crippen LogP) is 1.31. The van der Waals surface area contributed by atoms with Gasteiger partial charge in [0, 0.05) is 19.6 Å². The van der Waals surface area contributed by atoms with Crippen molar-refractivity contribution in [2.24, 2.45) is 0 Å². The van der Waals surface area contributed by atoms with Crippen LogP contribution in [0.3, 0.4) is 0 Å². The first-order chi connectivity index (χ1) is 8.48. The average molecular weight is 271 g/mol. The van der Waals surface area contributed by atoms with Crippen molar-refractivity contribution in [1.82, 2.24) is 14.9 Å². The normalized spacial score (nSPS) is 19.8. The maximum absolute atomic E-state index is 10.4. The maximum Gasteiger partial charge on any atom is 0.148 e. The van der Waals surface area contributed by atoms with Crippen LogP contribution in [0.1, 0.15) is 18.7 Å². The predicted molar refractivity (Wildman–Crippen MR) is 71.9 cm³/mol. The number of likely N-dealkylation sites (tertiary alicyclic amines) is 1. The summed E-state index contributed by atoms with van der Waals surface area (Å²) in [6.45, 7) is 4.10. The molecule has 0 amide bonds. The van der Waals surface area contributed by atoms with Gasteiger partial charge in [0.25, 0.3) is 0 Å². The number of aryl methyl sites for hydroxylation is 1. The molecular weight excluding hydrogens is 252 g/mol. The van der Waals surface area contributed by atoms with E-state index in [1.54, 1.807) is 6.20 Å². The Kier molecular flexibility index (Phi) is 4.04. The number of nitrogens with zero attached hydrogens (tertiary/aromatic N) is 3. The molecule has 2 heterocycles. The van der Waals surface area contributed by atoms with Gasteiger partial charge in [-0.2, -0.15) is 0 Å². The Bertz CT molecular complexity index is 419. The molecule has 0 aromatic carbocycles. The van der Waals surface area contributed by atoms with Crippen LogP contribution < -0.4 is 5.32 Å². The first-order valence-electron chi connectivity index (χ1n) is 6.12. The minimum atomic E-state index is -0.672. The molecule has 0 radical (unpaired) electrons. The van der Waals surface area contributed by atoms with Crippen molar-refractivity contribution in [3.63, 3.8) is 0 Å². The average Bonchev–Trinajstić information content (AvgIpc) is 2.35. The number of anilines is 1. The third kappa shape index (κ3) is 3.31. The molecule has 5 nitrogen and oxygen atoms in total. The van der Waals surface area contributed by atoms with Crippen molar-refractivity contribution < 1.29 is 5.11 Å². The molecule has 1 aliphatic rings. The number of aromatic nitrogens is 2. The molecule has 0 unspecified atom stereocenters. The molecule has 2 N–H and O–H groups in total. The van der Waals surface area contributed by atoms with Gasteiger partial charge in [-0.3, -0.25) is 0 Å². The molecule has 6 heteroatoms. The van der Waals surface area contributed by atoms with Crippen molar-refractivity contribution in [2.45, 2.75) is 25.4 Å². The molecule has 1 saturated heterocycles. The van der Waals surface area contributed by atoms with Crippen LogP contribution >= 0.6 is 11.6 Å². The van der Waals surface area contributed by atoms with Gasteiger partial charge in [0.05, 0.1) is 11.8 Å². The molecule has 2 rings (SSSR count). The number of halogens is 1. The molecule has 0 saturated carbocycles. The minimum Gasteiger partial charge on any atom is -0.388 e. The fraction of sp³-hybridized carbons (Fsp3) is 0.667. The molecule has 1 aromatic rings. The molecule has 0 spiro atoms. The molecular formula is C12H19ClN4O. The minimum absolute atomic E-state index is 0.469. The highest BCUT2D eigenvalue weighted by Crippen LogP contribution is 2.24. The number of piperidine rings is 1. The van der Waals surface area contributed by atoms with Gasteiger partial charge >= 0.3 is 0 Å². The molecule has 0 bridgehead atoms. The van der Waals surface area contributed by atoms with Crippen molar-refractivity contribution in [1.29, 1.82) is 0 Å².